The smallest absolute Gasteiger partial charge is 0.342 e. The number of nitrogens with zero attached hydrogens (tertiary/aromatic N) is 3. The van der Waals surface area contributed by atoms with E-state index in [-0.39, 0.29) is 11.6 Å². The molecule has 0 saturated heterocycles. The molecule has 2 heterocycles. The van der Waals surface area contributed by atoms with Crippen LogP contribution in [0.3, 0.4) is 0 Å². The fourth-order valence-electron chi connectivity index (χ4n) is 0.599. The van der Waals surface area contributed by atoms with Gasteiger partial charge in [0.05, 0.1) is 0 Å². The van der Waals surface area contributed by atoms with Gasteiger partial charge in [0.2, 0.25) is 18.0 Å². The van der Waals surface area contributed by atoms with Crippen molar-refractivity contribution in [2.45, 2.75) is 0 Å². The molecule has 11 heavy (non-hydrogen) atoms. The van der Waals surface area contributed by atoms with Crippen LogP contribution in [0.4, 0.5) is 0 Å². The van der Waals surface area contributed by atoms with E-state index in [0.29, 0.717) is 0 Å². The van der Waals surface area contributed by atoms with Crippen molar-refractivity contribution < 1.29 is 9.05 Å². The monoisotopic (exact) mass is 154 g/mol. The molecule has 0 fully saturated rings. The largest absolute Gasteiger partial charge is 0.460 e. The second-order valence-corrected chi connectivity index (χ2v) is 1.69. The van der Waals surface area contributed by atoms with Gasteiger partial charge in [-0.25, -0.2) is 4.79 Å². The quantitative estimate of drug-likeness (QED) is 0.589. The second-order valence-electron chi connectivity index (χ2n) is 1.69. The molecule has 1 N–H and O–H groups in total. The zero-order valence-corrected chi connectivity index (χ0v) is 5.14. The molecule has 0 saturated carbocycles. The first-order valence-electron chi connectivity index (χ1n) is 2.68. The van der Waals surface area contributed by atoms with Crippen LogP contribution in [-0.4, -0.2) is 20.3 Å². The first-order chi connectivity index (χ1) is 5.36. The molecule has 0 radical (unpaired) electrons. The van der Waals surface area contributed by atoms with Crippen LogP contribution in [0.25, 0.3) is 11.6 Å². The van der Waals surface area contributed by atoms with Crippen molar-refractivity contribution in [3.05, 3.63) is 16.9 Å². The summed E-state index contributed by atoms with van der Waals surface area (Å²) in [5, 5.41) is 5.65. The predicted octanol–water partition coefficient (Wildman–Crippen LogP) is -0.587. The molecule has 0 spiro atoms. The summed E-state index contributed by atoms with van der Waals surface area (Å²) in [6.45, 7) is 0. The lowest BCUT2D eigenvalue weighted by atomic mass is 10.6. The Labute approximate surface area is 59.0 Å². The molecule has 2 rings (SSSR count). The minimum absolute atomic E-state index is 0.156. The first-order valence-corrected chi connectivity index (χ1v) is 2.68. The number of aromatic nitrogens is 4. The van der Waals surface area contributed by atoms with Crippen LogP contribution in [0.5, 0.6) is 0 Å². The van der Waals surface area contributed by atoms with Gasteiger partial charge in [-0.1, -0.05) is 5.16 Å². The number of aromatic amines is 1. The fraction of sp³-hybridized carbons (Fsp3) is 0. The van der Waals surface area contributed by atoms with Crippen molar-refractivity contribution in [1.29, 1.82) is 0 Å². The molecule has 7 heteroatoms. The van der Waals surface area contributed by atoms with Gasteiger partial charge < -0.3 is 9.05 Å². The van der Waals surface area contributed by atoms with Crippen molar-refractivity contribution >= 4 is 0 Å². The van der Waals surface area contributed by atoms with Crippen LogP contribution in [0.1, 0.15) is 0 Å². The lowest BCUT2D eigenvalue weighted by molar-refractivity contribution is 0.386. The highest BCUT2D eigenvalue weighted by atomic mass is 16.5. The third kappa shape index (κ3) is 0.914. The summed E-state index contributed by atoms with van der Waals surface area (Å²) in [5.74, 6) is -0.371. The van der Waals surface area contributed by atoms with Gasteiger partial charge in [-0.2, -0.15) is 10.1 Å². The highest BCUT2D eigenvalue weighted by molar-refractivity contribution is 5.38. The summed E-state index contributed by atoms with van der Waals surface area (Å²) in [5.41, 5.74) is 0. The molecule has 0 atom stereocenters. The van der Waals surface area contributed by atoms with Crippen molar-refractivity contribution in [3.8, 4) is 11.6 Å². The summed E-state index contributed by atoms with van der Waals surface area (Å²) in [6.07, 6.45) is 1.13. The minimum atomic E-state index is -0.718. The van der Waals surface area contributed by atoms with Gasteiger partial charge in [0.25, 0.3) is 0 Å². The molecular formula is C4H2N4O3. The standard InChI is InChI=1S/C4H2N4O3/c9-4-6-3(8-11-4)2-5-1-10-7-2/h1H,(H,6,8,9). The Bertz CT molecular complexity index is 385. The number of nitrogens with one attached hydrogen (secondary N) is 1. The van der Waals surface area contributed by atoms with Crippen molar-refractivity contribution in [2.75, 3.05) is 0 Å². The third-order valence-corrected chi connectivity index (χ3v) is 1.01. The Morgan fingerprint density at radius 3 is 3.00 bits per heavy atom. The van der Waals surface area contributed by atoms with E-state index < -0.39 is 5.76 Å². The minimum Gasteiger partial charge on any atom is -0.342 e. The van der Waals surface area contributed by atoms with E-state index in [1.165, 1.54) is 0 Å². The topological polar surface area (TPSA) is 97.8 Å². The van der Waals surface area contributed by atoms with Crippen LogP contribution in [-0.2, 0) is 0 Å². The molecular weight excluding hydrogens is 152 g/mol. The van der Waals surface area contributed by atoms with Crippen molar-refractivity contribution in [1.82, 2.24) is 20.3 Å². The van der Waals surface area contributed by atoms with Gasteiger partial charge in [-0.05, 0) is 0 Å². The first kappa shape index (κ1) is 5.83. The van der Waals surface area contributed by atoms with E-state index in [4.69, 9.17) is 0 Å². The maximum atomic E-state index is 10.4. The van der Waals surface area contributed by atoms with E-state index in [1.807, 2.05) is 0 Å². The van der Waals surface area contributed by atoms with Crippen molar-refractivity contribution in [2.24, 2.45) is 0 Å². The van der Waals surface area contributed by atoms with E-state index in [9.17, 15) is 4.79 Å². The molecule has 0 aliphatic carbocycles. The van der Waals surface area contributed by atoms with E-state index in [2.05, 4.69) is 29.3 Å². The summed E-state index contributed by atoms with van der Waals surface area (Å²) in [6, 6.07) is 0. The van der Waals surface area contributed by atoms with E-state index in [0.717, 1.165) is 6.39 Å². The molecule has 2 aromatic heterocycles. The van der Waals surface area contributed by atoms with E-state index in [1.54, 1.807) is 0 Å². The Morgan fingerprint density at radius 2 is 2.45 bits per heavy atom. The van der Waals surface area contributed by atoms with E-state index >= 15 is 0 Å². The average Bonchev–Trinajstić information content (AvgIpc) is 2.55. The maximum absolute atomic E-state index is 10.4. The predicted molar refractivity (Wildman–Crippen MR) is 30.4 cm³/mol. The summed E-state index contributed by atoms with van der Waals surface area (Å²) >= 11 is 0. The lowest BCUT2D eigenvalue weighted by Crippen LogP contribution is -1.95. The number of rotatable bonds is 1. The van der Waals surface area contributed by atoms with Crippen LogP contribution < -0.4 is 5.76 Å². The Hall–Kier alpha value is -1.92. The van der Waals surface area contributed by atoms with Crippen LogP contribution in [0, 0.1) is 0 Å². The zero-order valence-electron chi connectivity index (χ0n) is 5.14. The molecule has 0 amide bonds. The van der Waals surface area contributed by atoms with Crippen molar-refractivity contribution in [3.63, 3.8) is 0 Å². The third-order valence-electron chi connectivity index (χ3n) is 1.01. The number of hydrogen-bond donors (Lipinski definition) is 1. The van der Waals surface area contributed by atoms with Crippen LogP contribution in [0.15, 0.2) is 20.2 Å². The Morgan fingerprint density at radius 1 is 1.55 bits per heavy atom. The molecule has 7 nitrogen and oxygen atoms in total. The number of hydrogen-bond acceptors (Lipinski definition) is 6. The second kappa shape index (κ2) is 2.04. The van der Waals surface area contributed by atoms with Gasteiger partial charge in [-0.3, -0.25) is 0 Å². The average molecular weight is 154 g/mol. The van der Waals surface area contributed by atoms with Crippen LogP contribution in [0.2, 0.25) is 0 Å². The number of H-pyrrole nitrogens is 1. The molecule has 0 bridgehead atoms. The van der Waals surface area contributed by atoms with Gasteiger partial charge in [0, 0.05) is 0 Å². The van der Waals surface area contributed by atoms with Gasteiger partial charge in [-0.15, -0.1) is 4.98 Å². The molecule has 0 aromatic carbocycles. The van der Waals surface area contributed by atoms with Gasteiger partial charge in [0.1, 0.15) is 0 Å². The Balaban J connectivity index is 2.53. The van der Waals surface area contributed by atoms with Gasteiger partial charge in [0.15, 0.2) is 0 Å². The summed E-state index contributed by atoms with van der Waals surface area (Å²) in [7, 11) is 0. The molecule has 0 aliphatic heterocycles. The highest BCUT2D eigenvalue weighted by Crippen LogP contribution is 2.03. The molecule has 56 valence electrons. The normalized spacial score (nSPS) is 10.2. The molecule has 2 aromatic rings. The SMILES string of the molecule is O=c1nc(-c2ncon2)[nH]o1. The van der Waals surface area contributed by atoms with Crippen LogP contribution >= 0.6 is 0 Å². The Kier molecular flexibility index (Phi) is 1.08. The maximum Gasteiger partial charge on any atom is 0.460 e. The summed E-state index contributed by atoms with van der Waals surface area (Å²) in [4.78, 5) is 17.4. The molecule has 0 unspecified atom stereocenters. The summed E-state index contributed by atoms with van der Waals surface area (Å²) < 4.78 is 8.69. The molecule has 0 aliphatic rings. The van der Waals surface area contributed by atoms with Gasteiger partial charge >= 0.3 is 5.76 Å². The lowest BCUT2D eigenvalue weighted by Gasteiger charge is -1.77. The highest BCUT2D eigenvalue weighted by Gasteiger charge is 2.07. The zero-order chi connectivity index (χ0) is 7.68. The fourth-order valence-corrected chi connectivity index (χ4v) is 0.599.